The molecule has 1 aliphatic heterocycles. The molecule has 0 bridgehead atoms. The fourth-order valence-electron chi connectivity index (χ4n) is 4.05. The van der Waals surface area contributed by atoms with Gasteiger partial charge in [-0.2, -0.15) is 0 Å². The van der Waals surface area contributed by atoms with Crippen LogP contribution < -0.4 is 10.6 Å². The van der Waals surface area contributed by atoms with Crippen LogP contribution >= 0.6 is 0 Å². The van der Waals surface area contributed by atoms with Gasteiger partial charge in [-0.15, -0.1) is 0 Å². The molecule has 0 aliphatic carbocycles. The molecule has 1 saturated heterocycles. The molecule has 5 rings (SSSR count). The van der Waals surface area contributed by atoms with Gasteiger partial charge in [-0.25, -0.2) is 0 Å². The number of carbonyl (C=O) groups is 2. The summed E-state index contributed by atoms with van der Waals surface area (Å²) in [4.78, 5) is 28.8. The average molecular weight is 453 g/mol. The van der Waals surface area contributed by atoms with E-state index in [-0.39, 0.29) is 11.7 Å². The van der Waals surface area contributed by atoms with Gasteiger partial charge in [0.1, 0.15) is 11.8 Å². The number of esters is 1. The van der Waals surface area contributed by atoms with Gasteiger partial charge in [0, 0.05) is 34.6 Å². The van der Waals surface area contributed by atoms with E-state index in [2.05, 4.69) is 15.6 Å². The Bertz CT molecular complexity index is 1380. The summed E-state index contributed by atoms with van der Waals surface area (Å²) in [5, 5.41) is 17.3. The van der Waals surface area contributed by atoms with Crippen molar-refractivity contribution in [3.63, 3.8) is 0 Å². The van der Waals surface area contributed by atoms with Gasteiger partial charge in [0.2, 0.25) is 0 Å². The smallest absolute Gasteiger partial charge is 0.325 e. The first-order valence-corrected chi connectivity index (χ1v) is 11.0. The lowest BCUT2D eigenvalue weighted by atomic mass is 10.1. The third kappa shape index (κ3) is 4.42. The summed E-state index contributed by atoms with van der Waals surface area (Å²) in [5.74, 6) is -0.707. The van der Waals surface area contributed by atoms with Crippen LogP contribution in [0.15, 0.2) is 90.8 Å². The molecule has 1 fully saturated rings. The van der Waals surface area contributed by atoms with Gasteiger partial charge < -0.3 is 20.1 Å². The number of phenols is 1. The Kier molecular flexibility index (Phi) is 5.84. The highest BCUT2D eigenvalue weighted by molar-refractivity contribution is 5.96. The highest BCUT2D eigenvalue weighted by atomic mass is 16.6. The topological polar surface area (TPSA) is 103 Å². The molecular weight excluding hydrogens is 430 g/mol. The highest BCUT2D eigenvalue weighted by Gasteiger charge is 2.36. The molecule has 3 aromatic carbocycles. The van der Waals surface area contributed by atoms with Gasteiger partial charge in [-0.3, -0.25) is 14.9 Å². The van der Waals surface area contributed by atoms with Crippen molar-refractivity contribution < 1.29 is 19.4 Å². The molecule has 2 heterocycles. The number of carbonyl (C=O) groups excluding carboxylic acids is 2. The summed E-state index contributed by atoms with van der Waals surface area (Å²) in [5.41, 5.74) is 3.26. The van der Waals surface area contributed by atoms with Gasteiger partial charge in [0.05, 0.1) is 5.70 Å². The van der Waals surface area contributed by atoms with E-state index in [4.69, 9.17) is 4.74 Å². The molecule has 4 aromatic rings. The average Bonchev–Trinajstić information content (AvgIpc) is 3.44. The minimum Gasteiger partial charge on any atom is -0.507 e. The first kappa shape index (κ1) is 21.5. The Labute approximate surface area is 196 Å². The number of hydrogen-bond acceptors (Lipinski definition) is 5. The van der Waals surface area contributed by atoms with Gasteiger partial charge in [0.25, 0.3) is 5.91 Å². The molecule has 0 radical (unpaired) electrons. The number of cyclic esters (lactones) is 1. The van der Waals surface area contributed by atoms with Crippen molar-refractivity contribution in [1.82, 2.24) is 15.6 Å². The second-order valence-electron chi connectivity index (χ2n) is 8.08. The van der Waals surface area contributed by atoms with E-state index in [1.807, 2.05) is 36.5 Å². The van der Waals surface area contributed by atoms with Crippen molar-refractivity contribution in [2.75, 3.05) is 0 Å². The SMILES string of the molecule is O=C(N/C(=C/c1ccccc1O)C1NC(Cc2c[nH]c3ccccc23)C(=O)O1)c1ccccc1. The van der Waals surface area contributed by atoms with E-state index in [9.17, 15) is 14.7 Å². The van der Waals surface area contributed by atoms with Crippen LogP contribution in [0.3, 0.4) is 0 Å². The molecule has 1 aliphatic rings. The third-order valence-corrected chi connectivity index (χ3v) is 5.79. The number of aromatic hydroxyl groups is 1. The largest absolute Gasteiger partial charge is 0.507 e. The predicted molar refractivity (Wildman–Crippen MR) is 129 cm³/mol. The van der Waals surface area contributed by atoms with Crippen molar-refractivity contribution >= 4 is 28.9 Å². The van der Waals surface area contributed by atoms with Crippen LogP contribution in [-0.2, 0) is 16.0 Å². The zero-order chi connectivity index (χ0) is 23.5. The number of H-pyrrole nitrogens is 1. The van der Waals surface area contributed by atoms with Crippen LogP contribution in [0.5, 0.6) is 5.75 Å². The summed E-state index contributed by atoms with van der Waals surface area (Å²) in [7, 11) is 0. The van der Waals surface area contributed by atoms with Gasteiger partial charge >= 0.3 is 5.97 Å². The Morgan fingerprint density at radius 3 is 2.56 bits per heavy atom. The fraction of sp³-hybridized carbons (Fsp3) is 0.111. The molecule has 7 heteroatoms. The number of rotatable bonds is 6. The summed E-state index contributed by atoms with van der Waals surface area (Å²) in [6.07, 6.45) is 3.04. The van der Waals surface area contributed by atoms with Crippen molar-refractivity contribution in [1.29, 1.82) is 0 Å². The molecular formula is C27H23N3O4. The number of fused-ring (bicyclic) bond motifs is 1. The van der Waals surface area contributed by atoms with Crippen LogP contribution in [0, 0.1) is 0 Å². The minimum absolute atomic E-state index is 0.0497. The molecule has 1 amide bonds. The first-order chi connectivity index (χ1) is 16.6. The van der Waals surface area contributed by atoms with E-state index < -0.39 is 18.2 Å². The number of hydrogen-bond donors (Lipinski definition) is 4. The van der Waals surface area contributed by atoms with Crippen molar-refractivity contribution in [3.8, 4) is 5.75 Å². The van der Waals surface area contributed by atoms with E-state index in [1.54, 1.807) is 54.6 Å². The number of amides is 1. The summed E-state index contributed by atoms with van der Waals surface area (Å²) in [6, 6.07) is 22.8. The second-order valence-corrected chi connectivity index (χ2v) is 8.08. The number of phenolic OH excluding ortho intramolecular Hbond substituents is 1. The maximum absolute atomic E-state index is 12.9. The van der Waals surface area contributed by atoms with E-state index in [1.165, 1.54) is 0 Å². The monoisotopic (exact) mass is 453 g/mol. The first-order valence-electron chi connectivity index (χ1n) is 11.0. The van der Waals surface area contributed by atoms with Gasteiger partial charge in [0.15, 0.2) is 6.23 Å². The van der Waals surface area contributed by atoms with Crippen LogP contribution in [0.2, 0.25) is 0 Å². The zero-order valence-corrected chi connectivity index (χ0v) is 18.2. The van der Waals surface area contributed by atoms with Crippen molar-refractivity contribution in [2.24, 2.45) is 0 Å². The molecule has 4 N–H and O–H groups in total. The van der Waals surface area contributed by atoms with Crippen LogP contribution in [-0.4, -0.2) is 34.2 Å². The van der Waals surface area contributed by atoms with E-state index in [0.717, 1.165) is 16.5 Å². The molecule has 2 unspecified atom stereocenters. The Balaban J connectivity index is 1.41. The maximum Gasteiger partial charge on any atom is 0.325 e. The lowest BCUT2D eigenvalue weighted by Gasteiger charge is -2.17. The number of benzene rings is 3. The number of ether oxygens (including phenoxy) is 1. The van der Waals surface area contributed by atoms with Gasteiger partial charge in [-0.05, 0) is 35.9 Å². The number of aromatic amines is 1. The number of para-hydroxylation sites is 2. The Hall–Kier alpha value is -4.36. The summed E-state index contributed by atoms with van der Waals surface area (Å²) in [6.45, 7) is 0. The van der Waals surface area contributed by atoms with E-state index in [0.29, 0.717) is 23.2 Å². The molecule has 7 nitrogen and oxygen atoms in total. The van der Waals surface area contributed by atoms with E-state index >= 15 is 0 Å². The Morgan fingerprint density at radius 1 is 1.00 bits per heavy atom. The standard InChI is InChI=1S/C27H23N3O4/c31-24-13-7-4-10-18(24)14-22(29-25(32)17-8-2-1-3-9-17)26-30-23(27(33)34-26)15-19-16-28-21-12-6-5-11-20(19)21/h1-14,16,23,26,28,30-31H,15H2,(H,29,32)/b22-14+. The summed E-state index contributed by atoms with van der Waals surface area (Å²) >= 11 is 0. The molecule has 0 spiro atoms. The quantitative estimate of drug-likeness (QED) is 0.333. The molecule has 1 aromatic heterocycles. The summed E-state index contributed by atoms with van der Waals surface area (Å²) < 4.78 is 5.62. The maximum atomic E-state index is 12.9. The lowest BCUT2D eigenvalue weighted by molar-refractivity contribution is -0.141. The van der Waals surface area contributed by atoms with Crippen LogP contribution in [0.1, 0.15) is 21.5 Å². The normalized spacial score (nSPS) is 18.1. The third-order valence-electron chi connectivity index (χ3n) is 5.79. The molecule has 0 saturated carbocycles. The second kappa shape index (κ2) is 9.25. The number of nitrogens with one attached hydrogen (secondary N) is 3. The molecule has 170 valence electrons. The number of aromatic nitrogens is 1. The van der Waals surface area contributed by atoms with Crippen molar-refractivity contribution in [2.45, 2.75) is 18.7 Å². The predicted octanol–water partition coefficient (Wildman–Crippen LogP) is 3.73. The van der Waals surface area contributed by atoms with Crippen molar-refractivity contribution in [3.05, 3.63) is 107 Å². The molecule has 34 heavy (non-hydrogen) atoms. The Morgan fingerprint density at radius 2 is 1.74 bits per heavy atom. The lowest BCUT2D eigenvalue weighted by Crippen LogP contribution is -2.39. The minimum atomic E-state index is -0.880. The molecule has 2 atom stereocenters. The van der Waals surface area contributed by atoms with Crippen LogP contribution in [0.4, 0.5) is 0 Å². The fourth-order valence-corrected chi connectivity index (χ4v) is 4.05. The highest BCUT2D eigenvalue weighted by Crippen LogP contribution is 2.24. The van der Waals surface area contributed by atoms with Crippen LogP contribution in [0.25, 0.3) is 17.0 Å². The zero-order valence-electron chi connectivity index (χ0n) is 18.2. The van der Waals surface area contributed by atoms with Gasteiger partial charge in [-0.1, -0.05) is 54.6 Å².